The van der Waals surface area contributed by atoms with Gasteiger partial charge in [0.15, 0.2) is 0 Å². The molecule has 0 radical (unpaired) electrons. The summed E-state index contributed by atoms with van der Waals surface area (Å²) < 4.78 is 0. The standard InChI is InChI=1S/C14H13N3O3/c1-9-7-16-12(8-15-9)14(20)17-11-5-3-2-4-10(11)6-13(18)19/h2-5,7-8H,6H2,1H3,(H,17,20)(H,18,19). The fourth-order valence-corrected chi connectivity index (χ4v) is 1.66. The van der Waals surface area contributed by atoms with E-state index < -0.39 is 11.9 Å². The highest BCUT2D eigenvalue weighted by Gasteiger charge is 2.12. The first-order chi connectivity index (χ1) is 9.56. The van der Waals surface area contributed by atoms with Crippen LogP contribution in [0.2, 0.25) is 0 Å². The monoisotopic (exact) mass is 271 g/mol. The van der Waals surface area contributed by atoms with E-state index in [4.69, 9.17) is 5.11 Å². The predicted octanol–water partition coefficient (Wildman–Crippen LogP) is 1.66. The maximum absolute atomic E-state index is 12.0. The molecule has 0 bridgehead atoms. The quantitative estimate of drug-likeness (QED) is 0.882. The molecule has 1 aromatic carbocycles. The number of anilines is 1. The summed E-state index contributed by atoms with van der Waals surface area (Å²) in [5.74, 6) is -1.38. The molecule has 0 aliphatic rings. The number of aromatic nitrogens is 2. The summed E-state index contributed by atoms with van der Waals surface area (Å²) in [5.41, 5.74) is 1.89. The third kappa shape index (κ3) is 3.38. The van der Waals surface area contributed by atoms with Crippen LogP contribution in [0.3, 0.4) is 0 Å². The number of nitrogens with zero attached hydrogens (tertiary/aromatic N) is 2. The molecule has 0 spiro atoms. The number of hydrogen-bond acceptors (Lipinski definition) is 4. The van der Waals surface area contributed by atoms with Crippen LogP contribution in [0.25, 0.3) is 0 Å². The second kappa shape index (κ2) is 5.92. The van der Waals surface area contributed by atoms with E-state index in [9.17, 15) is 9.59 Å². The number of aliphatic carboxylic acids is 1. The van der Waals surface area contributed by atoms with Crippen LogP contribution in [0, 0.1) is 6.92 Å². The molecule has 0 saturated heterocycles. The first-order valence-electron chi connectivity index (χ1n) is 5.96. The van der Waals surface area contributed by atoms with Gasteiger partial charge in [0.25, 0.3) is 5.91 Å². The van der Waals surface area contributed by atoms with E-state index in [1.165, 1.54) is 12.4 Å². The first kappa shape index (κ1) is 13.7. The van der Waals surface area contributed by atoms with Crippen LogP contribution in [0.1, 0.15) is 21.7 Å². The van der Waals surface area contributed by atoms with E-state index >= 15 is 0 Å². The summed E-state index contributed by atoms with van der Waals surface area (Å²) in [6.07, 6.45) is 2.72. The van der Waals surface area contributed by atoms with Crippen LogP contribution in [0.5, 0.6) is 0 Å². The number of aryl methyl sites for hydroxylation is 1. The van der Waals surface area contributed by atoms with Gasteiger partial charge in [0.05, 0.1) is 18.3 Å². The Kier molecular flexibility index (Phi) is 4.05. The molecule has 0 saturated carbocycles. The molecule has 2 aromatic rings. The molecule has 6 nitrogen and oxygen atoms in total. The largest absolute Gasteiger partial charge is 0.481 e. The van der Waals surface area contributed by atoms with Gasteiger partial charge in [-0.2, -0.15) is 0 Å². The molecular weight excluding hydrogens is 258 g/mol. The van der Waals surface area contributed by atoms with E-state index in [1.54, 1.807) is 31.2 Å². The first-order valence-corrected chi connectivity index (χ1v) is 5.96. The Hall–Kier alpha value is -2.76. The summed E-state index contributed by atoms with van der Waals surface area (Å²) in [6.45, 7) is 1.77. The molecule has 0 unspecified atom stereocenters. The number of hydrogen-bond donors (Lipinski definition) is 2. The lowest BCUT2D eigenvalue weighted by molar-refractivity contribution is -0.136. The summed E-state index contributed by atoms with van der Waals surface area (Å²) in [7, 11) is 0. The van der Waals surface area contributed by atoms with Crippen molar-refractivity contribution in [1.29, 1.82) is 0 Å². The molecule has 2 rings (SSSR count). The maximum Gasteiger partial charge on any atom is 0.307 e. The van der Waals surface area contributed by atoms with Gasteiger partial charge in [0.2, 0.25) is 0 Å². The highest BCUT2D eigenvalue weighted by Crippen LogP contribution is 2.16. The van der Waals surface area contributed by atoms with Gasteiger partial charge in [-0.15, -0.1) is 0 Å². The number of para-hydroxylation sites is 1. The minimum Gasteiger partial charge on any atom is -0.481 e. The van der Waals surface area contributed by atoms with Crippen molar-refractivity contribution in [2.24, 2.45) is 0 Å². The lowest BCUT2D eigenvalue weighted by Crippen LogP contribution is -2.16. The Bertz CT molecular complexity index is 638. The number of carbonyl (C=O) groups is 2. The third-order valence-electron chi connectivity index (χ3n) is 2.62. The second-order valence-corrected chi connectivity index (χ2v) is 4.22. The number of benzene rings is 1. The van der Waals surface area contributed by atoms with Gasteiger partial charge >= 0.3 is 5.97 Å². The fraction of sp³-hybridized carbons (Fsp3) is 0.143. The summed E-state index contributed by atoms with van der Waals surface area (Å²) in [6, 6.07) is 6.75. The van der Waals surface area contributed by atoms with Gasteiger partial charge in [-0.05, 0) is 18.6 Å². The Morgan fingerprint density at radius 3 is 2.60 bits per heavy atom. The van der Waals surface area contributed by atoms with E-state index in [-0.39, 0.29) is 12.1 Å². The van der Waals surface area contributed by atoms with E-state index in [2.05, 4.69) is 15.3 Å². The summed E-state index contributed by atoms with van der Waals surface area (Å²) in [5, 5.41) is 11.5. The van der Waals surface area contributed by atoms with Crippen molar-refractivity contribution in [2.45, 2.75) is 13.3 Å². The third-order valence-corrected chi connectivity index (χ3v) is 2.62. The SMILES string of the molecule is Cc1cnc(C(=O)Nc2ccccc2CC(=O)O)cn1. The minimum atomic E-state index is -0.957. The molecule has 1 amide bonds. The van der Waals surface area contributed by atoms with Gasteiger partial charge in [-0.1, -0.05) is 18.2 Å². The van der Waals surface area contributed by atoms with Crippen LogP contribution in [-0.2, 0) is 11.2 Å². The molecule has 0 fully saturated rings. The average Bonchev–Trinajstić information content (AvgIpc) is 2.41. The minimum absolute atomic E-state index is 0.157. The molecule has 2 N–H and O–H groups in total. The van der Waals surface area contributed by atoms with Crippen molar-refractivity contribution in [3.05, 3.63) is 53.6 Å². The van der Waals surface area contributed by atoms with E-state index in [0.717, 1.165) is 0 Å². The number of amides is 1. The molecular formula is C14H13N3O3. The van der Waals surface area contributed by atoms with E-state index in [1.807, 2.05) is 0 Å². The van der Waals surface area contributed by atoms with E-state index in [0.29, 0.717) is 16.9 Å². The van der Waals surface area contributed by atoms with Crippen molar-refractivity contribution in [2.75, 3.05) is 5.32 Å². The Morgan fingerprint density at radius 1 is 1.20 bits per heavy atom. The molecule has 1 heterocycles. The number of rotatable bonds is 4. The van der Waals surface area contributed by atoms with Crippen molar-refractivity contribution in [1.82, 2.24) is 9.97 Å². The number of carboxylic acid groups (broad SMARTS) is 1. The Morgan fingerprint density at radius 2 is 1.95 bits per heavy atom. The predicted molar refractivity (Wildman–Crippen MR) is 72.5 cm³/mol. The smallest absolute Gasteiger partial charge is 0.307 e. The number of carbonyl (C=O) groups excluding carboxylic acids is 1. The molecule has 102 valence electrons. The lowest BCUT2D eigenvalue weighted by Gasteiger charge is -2.09. The summed E-state index contributed by atoms with van der Waals surface area (Å²) >= 11 is 0. The van der Waals surface area contributed by atoms with Crippen molar-refractivity contribution in [3.8, 4) is 0 Å². The van der Waals surface area contributed by atoms with Crippen molar-refractivity contribution >= 4 is 17.6 Å². The molecule has 0 atom stereocenters. The van der Waals surface area contributed by atoms with Crippen molar-refractivity contribution < 1.29 is 14.7 Å². The van der Waals surface area contributed by atoms with Crippen LogP contribution in [0.15, 0.2) is 36.7 Å². The molecule has 20 heavy (non-hydrogen) atoms. The highest BCUT2D eigenvalue weighted by molar-refractivity contribution is 6.03. The van der Waals surface area contributed by atoms with Gasteiger partial charge in [0, 0.05) is 11.9 Å². The maximum atomic E-state index is 12.0. The molecule has 6 heteroatoms. The topological polar surface area (TPSA) is 92.2 Å². The van der Waals surface area contributed by atoms with Crippen LogP contribution in [-0.4, -0.2) is 27.0 Å². The lowest BCUT2D eigenvalue weighted by atomic mass is 10.1. The molecule has 0 aliphatic carbocycles. The Labute approximate surface area is 115 Å². The summed E-state index contributed by atoms with van der Waals surface area (Å²) in [4.78, 5) is 30.8. The van der Waals surface area contributed by atoms with Gasteiger partial charge in [-0.25, -0.2) is 4.98 Å². The van der Waals surface area contributed by atoms with Gasteiger partial charge in [0.1, 0.15) is 5.69 Å². The van der Waals surface area contributed by atoms with Gasteiger partial charge < -0.3 is 10.4 Å². The zero-order valence-electron chi connectivity index (χ0n) is 10.8. The number of carboxylic acids is 1. The molecule has 0 aliphatic heterocycles. The number of nitrogens with one attached hydrogen (secondary N) is 1. The van der Waals surface area contributed by atoms with Gasteiger partial charge in [-0.3, -0.25) is 14.6 Å². The highest BCUT2D eigenvalue weighted by atomic mass is 16.4. The van der Waals surface area contributed by atoms with Crippen LogP contribution < -0.4 is 5.32 Å². The zero-order valence-corrected chi connectivity index (χ0v) is 10.8. The molecule has 1 aromatic heterocycles. The second-order valence-electron chi connectivity index (χ2n) is 4.22. The normalized spacial score (nSPS) is 10.1. The van der Waals surface area contributed by atoms with Crippen LogP contribution >= 0.6 is 0 Å². The van der Waals surface area contributed by atoms with Crippen LogP contribution in [0.4, 0.5) is 5.69 Å². The Balaban J connectivity index is 2.19. The average molecular weight is 271 g/mol. The zero-order chi connectivity index (χ0) is 14.5. The van der Waals surface area contributed by atoms with Crippen molar-refractivity contribution in [3.63, 3.8) is 0 Å². The fourth-order valence-electron chi connectivity index (χ4n) is 1.66.